The van der Waals surface area contributed by atoms with Gasteiger partial charge >= 0.3 is 12.3 Å². The third kappa shape index (κ3) is 8.17. The molecule has 0 aromatic carbocycles. The fourth-order valence-electron chi connectivity index (χ4n) is 1.84. The number of amides is 1. The number of aliphatic hydroxyl groups excluding tert-OH is 1. The Morgan fingerprint density at radius 1 is 1.43 bits per heavy atom. The molecule has 1 unspecified atom stereocenters. The number of hydrogen-bond donors (Lipinski definition) is 2. The maximum Gasteiger partial charge on any atom is 0.407 e. The van der Waals surface area contributed by atoms with Gasteiger partial charge in [0, 0.05) is 18.0 Å². The number of thiazole rings is 1. The molecule has 0 saturated carbocycles. The lowest BCUT2D eigenvalue weighted by Gasteiger charge is -2.26. The molecule has 0 aliphatic heterocycles. The van der Waals surface area contributed by atoms with Crippen molar-refractivity contribution in [1.82, 2.24) is 10.3 Å². The van der Waals surface area contributed by atoms with Gasteiger partial charge in [0.1, 0.15) is 16.7 Å². The van der Waals surface area contributed by atoms with Crippen LogP contribution in [0.1, 0.15) is 51.1 Å². The Morgan fingerprint density at radius 3 is 2.57 bits per heavy atom. The van der Waals surface area contributed by atoms with Crippen LogP contribution in [0.3, 0.4) is 0 Å². The fraction of sp³-hybridized carbons (Fsp3) is 0.714. The molecule has 0 aliphatic rings. The molecule has 1 amide bonds. The van der Waals surface area contributed by atoms with E-state index in [-0.39, 0.29) is 12.8 Å². The van der Waals surface area contributed by atoms with E-state index in [4.69, 9.17) is 4.74 Å². The van der Waals surface area contributed by atoms with Crippen molar-refractivity contribution >= 4 is 17.4 Å². The van der Waals surface area contributed by atoms with Gasteiger partial charge in [-0.3, -0.25) is 0 Å². The summed E-state index contributed by atoms with van der Waals surface area (Å²) in [5.74, 6) is 0. The first-order valence-electron chi connectivity index (χ1n) is 7.11. The smallest absolute Gasteiger partial charge is 0.407 e. The number of halogens is 3. The van der Waals surface area contributed by atoms with Crippen LogP contribution in [0.4, 0.5) is 18.0 Å². The number of nitrogens with one attached hydrogen (secondary N) is 1. The predicted octanol–water partition coefficient (Wildman–Crippen LogP) is 3.80. The van der Waals surface area contributed by atoms with Gasteiger partial charge in [0.05, 0.1) is 6.04 Å². The third-order valence-corrected chi connectivity index (χ3v) is 3.61. The van der Waals surface area contributed by atoms with Crippen molar-refractivity contribution in [3.05, 3.63) is 16.6 Å². The minimum absolute atomic E-state index is 0.0422. The van der Waals surface area contributed by atoms with Crippen LogP contribution in [-0.2, 0) is 4.74 Å². The molecule has 9 heteroatoms. The molecular weight excluding hydrogens is 333 g/mol. The molecule has 1 aromatic heterocycles. The normalized spacial score (nSPS) is 15.1. The summed E-state index contributed by atoms with van der Waals surface area (Å²) in [5.41, 5.74) is -0.743. The van der Waals surface area contributed by atoms with Gasteiger partial charge in [-0.2, -0.15) is 13.2 Å². The molecule has 0 radical (unpaired) electrons. The first-order valence-corrected chi connectivity index (χ1v) is 7.99. The van der Waals surface area contributed by atoms with Crippen molar-refractivity contribution < 1.29 is 27.8 Å². The van der Waals surface area contributed by atoms with E-state index in [1.54, 1.807) is 26.2 Å². The van der Waals surface area contributed by atoms with E-state index in [1.165, 1.54) is 6.20 Å². The highest BCUT2D eigenvalue weighted by molar-refractivity contribution is 7.09. The Bertz CT molecular complexity index is 486. The van der Waals surface area contributed by atoms with E-state index in [0.717, 1.165) is 11.3 Å². The fourth-order valence-corrected chi connectivity index (χ4v) is 2.53. The third-order valence-electron chi connectivity index (χ3n) is 2.76. The summed E-state index contributed by atoms with van der Waals surface area (Å²) in [6, 6.07) is -0.904. The Labute approximate surface area is 136 Å². The summed E-state index contributed by atoms with van der Waals surface area (Å²) in [6.45, 7) is 5.01. The number of carbonyl (C=O) groups is 1. The topological polar surface area (TPSA) is 71.5 Å². The summed E-state index contributed by atoms with van der Waals surface area (Å²) in [6.07, 6.45) is -6.01. The van der Waals surface area contributed by atoms with Gasteiger partial charge in [-0.05, 0) is 33.6 Å². The van der Waals surface area contributed by atoms with E-state index < -0.39 is 36.4 Å². The predicted molar refractivity (Wildman–Crippen MR) is 80.1 cm³/mol. The lowest BCUT2D eigenvalue weighted by atomic mass is 10.0. The zero-order valence-electron chi connectivity index (χ0n) is 13.2. The van der Waals surface area contributed by atoms with E-state index in [2.05, 4.69) is 10.3 Å². The van der Waals surface area contributed by atoms with Crippen molar-refractivity contribution in [1.29, 1.82) is 0 Å². The van der Waals surface area contributed by atoms with Gasteiger partial charge in [0.15, 0.2) is 0 Å². The molecule has 1 rings (SSSR count). The highest BCUT2D eigenvalue weighted by Gasteiger charge is 2.30. The average molecular weight is 354 g/mol. The molecule has 1 heterocycles. The Balaban J connectivity index is 2.70. The van der Waals surface area contributed by atoms with Gasteiger partial charge in [-0.25, -0.2) is 9.78 Å². The summed E-state index contributed by atoms with van der Waals surface area (Å²) < 4.78 is 41.9. The van der Waals surface area contributed by atoms with E-state index in [0.29, 0.717) is 5.01 Å². The van der Waals surface area contributed by atoms with Crippen molar-refractivity contribution in [2.75, 3.05) is 0 Å². The van der Waals surface area contributed by atoms with E-state index >= 15 is 0 Å². The van der Waals surface area contributed by atoms with Crippen molar-refractivity contribution in [2.45, 2.75) is 64.0 Å². The molecule has 5 nitrogen and oxygen atoms in total. The molecule has 0 aliphatic carbocycles. The SMILES string of the molecule is CC(C)(C)OC(=O)N[C@@H](CCCC(F)(F)F)C(O)c1nccs1. The first kappa shape index (κ1) is 19.7. The molecular formula is C14H21F3N2O3S. The van der Waals surface area contributed by atoms with Crippen LogP contribution < -0.4 is 5.32 Å². The number of alkyl halides is 3. The minimum Gasteiger partial charge on any atom is -0.444 e. The maximum absolute atomic E-state index is 12.3. The number of rotatable bonds is 6. The molecule has 132 valence electrons. The van der Waals surface area contributed by atoms with Crippen LogP contribution in [-0.4, -0.2) is 34.0 Å². The Hall–Kier alpha value is -1.35. The van der Waals surface area contributed by atoms with Crippen LogP contribution in [0.2, 0.25) is 0 Å². The molecule has 0 bridgehead atoms. The number of ether oxygens (including phenoxy) is 1. The van der Waals surface area contributed by atoms with Gasteiger partial charge in [0.2, 0.25) is 0 Å². The molecule has 23 heavy (non-hydrogen) atoms. The minimum atomic E-state index is -4.28. The zero-order chi connectivity index (χ0) is 17.7. The largest absolute Gasteiger partial charge is 0.444 e. The van der Waals surface area contributed by atoms with E-state index in [1.807, 2.05) is 0 Å². The zero-order valence-corrected chi connectivity index (χ0v) is 14.0. The summed E-state index contributed by atoms with van der Waals surface area (Å²) >= 11 is 1.16. The number of alkyl carbamates (subject to hydrolysis) is 1. The van der Waals surface area contributed by atoms with Crippen molar-refractivity contribution in [3.8, 4) is 0 Å². The lowest BCUT2D eigenvalue weighted by molar-refractivity contribution is -0.136. The number of aromatic nitrogens is 1. The highest BCUT2D eigenvalue weighted by Crippen LogP contribution is 2.27. The van der Waals surface area contributed by atoms with Crippen molar-refractivity contribution in [3.63, 3.8) is 0 Å². The van der Waals surface area contributed by atoms with Gasteiger partial charge in [-0.15, -0.1) is 11.3 Å². The Kier molecular flexibility index (Phi) is 6.82. The summed E-state index contributed by atoms with van der Waals surface area (Å²) in [7, 11) is 0. The second kappa shape index (κ2) is 7.96. The number of nitrogens with zero attached hydrogens (tertiary/aromatic N) is 1. The molecule has 0 saturated heterocycles. The first-order chi connectivity index (χ1) is 10.5. The van der Waals surface area contributed by atoms with Gasteiger partial charge in [-0.1, -0.05) is 0 Å². The number of aliphatic hydroxyl groups is 1. The molecule has 0 spiro atoms. The van der Waals surface area contributed by atoms with E-state index in [9.17, 15) is 23.1 Å². The standard InChI is InChI=1S/C14H21F3N2O3S/c1-13(2,3)22-12(21)19-9(5-4-6-14(15,16)17)10(20)11-18-7-8-23-11/h7-10,20H,4-6H2,1-3H3,(H,19,21)/t9-,10?/m0/s1. The molecule has 2 atom stereocenters. The Morgan fingerprint density at radius 2 is 2.09 bits per heavy atom. The highest BCUT2D eigenvalue weighted by atomic mass is 32.1. The lowest BCUT2D eigenvalue weighted by Crippen LogP contribution is -2.42. The van der Waals surface area contributed by atoms with Crippen LogP contribution in [0.15, 0.2) is 11.6 Å². The maximum atomic E-state index is 12.3. The average Bonchev–Trinajstić information content (AvgIpc) is 2.86. The van der Waals surface area contributed by atoms with Crippen LogP contribution in [0.25, 0.3) is 0 Å². The summed E-state index contributed by atoms with van der Waals surface area (Å²) in [5, 5.41) is 14.6. The molecule has 1 aromatic rings. The van der Waals surface area contributed by atoms with Crippen LogP contribution in [0, 0.1) is 0 Å². The van der Waals surface area contributed by atoms with Crippen LogP contribution >= 0.6 is 11.3 Å². The number of carbonyl (C=O) groups excluding carboxylic acids is 1. The summed E-state index contributed by atoms with van der Waals surface area (Å²) in [4.78, 5) is 15.7. The molecule has 2 N–H and O–H groups in total. The van der Waals surface area contributed by atoms with Crippen LogP contribution in [0.5, 0.6) is 0 Å². The monoisotopic (exact) mass is 354 g/mol. The van der Waals surface area contributed by atoms with Gasteiger partial charge in [0.25, 0.3) is 0 Å². The second-order valence-corrected chi connectivity index (χ2v) is 7.00. The second-order valence-electron chi connectivity index (χ2n) is 6.08. The van der Waals surface area contributed by atoms with Gasteiger partial charge < -0.3 is 15.2 Å². The quantitative estimate of drug-likeness (QED) is 0.815. The number of hydrogen-bond acceptors (Lipinski definition) is 5. The van der Waals surface area contributed by atoms with Crippen molar-refractivity contribution in [2.24, 2.45) is 0 Å². The molecule has 0 fully saturated rings.